The van der Waals surface area contributed by atoms with Gasteiger partial charge in [0.05, 0.1) is 22.7 Å². The van der Waals surface area contributed by atoms with Crippen LogP contribution in [0.1, 0.15) is 22.2 Å². The van der Waals surface area contributed by atoms with Gasteiger partial charge in [-0.1, -0.05) is 12.1 Å². The van der Waals surface area contributed by atoms with Crippen LogP contribution in [0.15, 0.2) is 41.8 Å². The van der Waals surface area contributed by atoms with Crippen molar-refractivity contribution in [3.63, 3.8) is 0 Å². The van der Waals surface area contributed by atoms with E-state index in [4.69, 9.17) is 5.11 Å². The lowest BCUT2D eigenvalue weighted by molar-refractivity contribution is -0.119. The maximum absolute atomic E-state index is 11.1. The third kappa shape index (κ3) is 3.69. The molecule has 2 heterocycles. The van der Waals surface area contributed by atoms with Gasteiger partial charge in [0.1, 0.15) is 5.01 Å². The van der Waals surface area contributed by atoms with Crippen molar-refractivity contribution < 1.29 is 14.7 Å². The van der Waals surface area contributed by atoms with Gasteiger partial charge in [0.2, 0.25) is 5.91 Å². The van der Waals surface area contributed by atoms with Crippen LogP contribution in [-0.4, -0.2) is 22.0 Å². The van der Waals surface area contributed by atoms with Crippen LogP contribution in [0.4, 0.5) is 0 Å². The molecule has 0 saturated carbocycles. The minimum atomic E-state index is -0.950. The van der Waals surface area contributed by atoms with E-state index in [0.717, 1.165) is 26.0 Å². The van der Waals surface area contributed by atoms with Crippen LogP contribution >= 0.6 is 22.7 Å². The molecule has 0 radical (unpaired) electrons. The zero-order valence-electron chi connectivity index (χ0n) is 12.8. The average molecular weight is 358 g/mol. The van der Waals surface area contributed by atoms with Crippen LogP contribution in [0.25, 0.3) is 21.1 Å². The second-order valence-electron chi connectivity index (χ2n) is 5.10. The summed E-state index contributed by atoms with van der Waals surface area (Å²) in [5.41, 5.74) is 1.90. The van der Waals surface area contributed by atoms with E-state index in [9.17, 15) is 9.59 Å². The summed E-state index contributed by atoms with van der Waals surface area (Å²) in [6.45, 7) is 2.00. The summed E-state index contributed by atoms with van der Waals surface area (Å²) in [6.07, 6.45) is 0. The van der Waals surface area contributed by atoms with Crippen molar-refractivity contribution in [3.05, 3.63) is 52.2 Å². The zero-order valence-corrected chi connectivity index (χ0v) is 14.4. The fraction of sp³-hybridized carbons (Fsp3) is 0.118. The lowest BCUT2D eigenvalue weighted by Gasteiger charge is -1.98. The number of rotatable bonds is 5. The number of aromatic carboxylic acids is 1. The summed E-state index contributed by atoms with van der Waals surface area (Å²) >= 11 is 3.06. The average Bonchev–Trinajstić information content (AvgIpc) is 3.22. The molecular formula is C17H14N2O3S2. The lowest BCUT2D eigenvalue weighted by atomic mass is 10.1. The third-order valence-electron chi connectivity index (χ3n) is 3.29. The summed E-state index contributed by atoms with van der Waals surface area (Å²) in [7, 11) is 0. The van der Waals surface area contributed by atoms with Gasteiger partial charge in [-0.15, -0.1) is 22.7 Å². The van der Waals surface area contributed by atoms with E-state index in [1.165, 1.54) is 18.3 Å². The quantitative estimate of drug-likeness (QED) is 0.725. The van der Waals surface area contributed by atoms with E-state index in [2.05, 4.69) is 10.3 Å². The first-order valence-electron chi connectivity index (χ1n) is 7.15. The molecule has 3 aromatic rings. The van der Waals surface area contributed by atoms with Crippen molar-refractivity contribution in [2.45, 2.75) is 13.5 Å². The number of nitrogens with one attached hydrogen (secondary N) is 1. The number of hydrogen-bond donors (Lipinski definition) is 2. The summed E-state index contributed by atoms with van der Waals surface area (Å²) in [6, 6.07) is 10.7. The van der Waals surface area contributed by atoms with E-state index in [0.29, 0.717) is 6.54 Å². The number of hydrogen-bond acceptors (Lipinski definition) is 5. The Morgan fingerprint density at radius 2 is 2.08 bits per heavy atom. The van der Waals surface area contributed by atoms with Crippen LogP contribution in [-0.2, 0) is 11.3 Å². The molecule has 0 aliphatic carbocycles. The molecule has 0 atom stereocenters. The number of carboxylic acid groups (broad SMARTS) is 1. The minimum absolute atomic E-state index is 0.0563. The molecule has 0 aliphatic rings. The van der Waals surface area contributed by atoms with Gasteiger partial charge in [-0.2, -0.15) is 0 Å². The lowest BCUT2D eigenvalue weighted by Crippen LogP contribution is -2.17. The molecule has 5 nitrogen and oxygen atoms in total. The van der Waals surface area contributed by atoms with E-state index >= 15 is 0 Å². The number of carboxylic acids is 1. The number of thiophene rings is 1. The maximum atomic E-state index is 11.1. The molecule has 0 bridgehead atoms. The van der Waals surface area contributed by atoms with E-state index < -0.39 is 5.97 Å². The highest BCUT2D eigenvalue weighted by atomic mass is 32.1. The second-order valence-corrected chi connectivity index (χ2v) is 7.13. The molecule has 7 heteroatoms. The van der Waals surface area contributed by atoms with Crippen molar-refractivity contribution in [3.8, 4) is 21.1 Å². The first-order valence-corrected chi connectivity index (χ1v) is 8.85. The highest BCUT2D eigenvalue weighted by Crippen LogP contribution is 2.33. The molecule has 0 saturated heterocycles. The zero-order chi connectivity index (χ0) is 17.1. The van der Waals surface area contributed by atoms with Crippen LogP contribution < -0.4 is 5.32 Å². The van der Waals surface area contributed by atoms with Crippen LogP contribution in [0, 0.1) is 0 Å². The number of carbonyl (C=O) groups excluding carboxylic acids is 1. The van der Waals surface area contributed by atoms with Crippen molar-refractivity contribution >= 4 is 34.6 Å². The molecule has 1 aromatic carbocycles. The number of thiazole rings is 1. The minimum Gasteiger partial charge on any atom is -0.478 e. The van der Waals surface area contributed by atoms with E-state index in [-0.39, 0.29) is 11.5 Å². The highest BCUT2D eigenvalue weighted by molar-refractivity contribution is 7.16. The fourth-order valence-electron chi connectivity index (χ4n) is 2.13. The summed E-state index contributed by atoms with van der Waals surface area (Å²) in [5.74, 6) is -1.01. The molecule has 122 valence electrons. The SMILES string of the molecule is CC(=O)NCc1ccc(-c2csc(-c3cccc(C(=O)O)c3)n2)s1. The van der Waals surface area contributed by atoms with Gasteiger partial charge in [0.15, 0.2) is 0 Å². The highest BCUT2D eigenvalue weighted by Gasteiger charge is 2.11. The molecule has 0 aliphatic heterocycles. The Morgan fingerprint density at radius 3 is 2.83 bits per heavy atom. The Hall–Kier alpha value is -2.51. The Kier molecular flexibility index (Phi) is 4.73. The standard InChI is InChI=1S/C17H14N2O3S2/c1-10(20)18-8-13-5-6-15(24-13)14-9-23-16(19-14)11-3-2-4-12(7-11)17(21)22/h2-7,9H,8H2,1H3,(H,18,20)(H,21,22). The van der Waals surface area contributed by atoms with Crippen LogP contribution in [0.2, 0.25) is 0 Å². The smallest absolute Gasteiger partial charge is 0.335 e. The topological polar surface area (TPSA) is 79.3 Å². The second kappa shape index (κ2) is 6.94. The molecular weight excluding hydrogens is 344 g/mol. The molecule has 2 aromatic heterocycles. The van der Waals surface area contributed by atoms with Crippen molar-refractivity contribution in [2.24, 2.45) is 0 Å². The number of nitrogens with zero attached hydrogens (tertiary/aromatic N) is 1. The molecule has 1 amide bonds. The van der Waals surface area contributed by atoms with Crippen LogP contribution in [0.5, 0.6) is 0 Å². The Morgan fingerprint density at radius 1 is 1.25 bits per heavy atom. The Bertz CT molecular complexity index is 899. The number of amides is 1. The van der Waals surface area contributed by atoms with Gasteiger partial charge in [-0.3, -0.25) is 4.79 Å². The Balaban J connectivity index is 1.82. The first kappa shape index (κ1) is 16.4. The van der Waals surface area contributed by atoms with E-state index in [1.807, 2.05) is 23.6 Å². The van der Waals surface area contributed by atoms with Gasteiger partial charge in [0, 0.05) is 22.7 Å². The molecule has 24 heavy (non-hydrogen) atoms. The van der Waals surface area contributed by atoms with Gasteiger partial charge in [-0.25, -0.2) is 9.78 Å². The normalized spacial score (nSPS) is 10.5. The number of benzene rings is 1. The van der Waals surface area contributed by atoms with Crippen molar-refractivity contribution in [1.29, 1.82) is 0 Å². The molecule has 2 N–H and O–H groups in total. The predicted molar refractivity (Wildman–Crippen MR) is 95.3 cm³/mol. The summed E-state index contributed by atoms with van der Waals surface area (Å²) in [4.78, 5) is 28.7. The van der Waals surface area contributed by atoms with Gasteiger partial charge in [0.25, 0.3) is 0 Å². The van der Waals surface area contributed by atoms with Gasteiger partial charge < -0.3 is 10.4 Å². The summed E-state index contributed by atoms with van der Waals surface area (Å²) in [5, 5.41) is 14.6. The molecule has 0 unspecified atom stereocenters. The Labute approximate surface area is 146 Å². The van der Waals surface area contributed by atoms with Crippen molar-refractivity contribution in [2.75, 3.05) is 0 Å². The fourth-order valence-corrected chi connectivity index (χ4v) is 3.93. The van der Waals surface area contributed by atoms with Gasteiger partial charge in [-0.05, 0) is 24.3 Å². The number of carbonyl (C=O) groups is 2. The molecule has 0 spiro atoms. The predicted octanol–water partition coefficient (Wildman–Crippen LogP) is 3.87. The summed E-state index contributed by atoms with van der Waals surface area (Å²) < 4.78 is 0. The monoisotopic (exact) mass is 358 g/mol. The first-order chi connectivity index (χ1) is 11.5. The maximum Gasteiger partial charge on any atom is 0.335 e. The van der Waals surface area contributed by atoms with Crippen molar-refractivity contribution in [1.82, 2.24) is 10.3 Å². The number of aromatic nitrogens is 1. The molecule has 3 rings (SSSR count). The van der Waals surface area contributed by atoms with E-state index in [1.54, 1.807) is 29.5 Å². The van der Waals surface area contributed by atoms with Gasteiger partial charge >= 0.3 is 5.97 Å². The third-order valence-corrected chi connectivity index (χ3v) is 5.29. The van der Waals surface area contributed by atoms with Crippen LogP contribution in [0.3, 0.4) is 0 Å². The molecule has 0 fully saturated rings. The largest absolute Gasteiger partial charge is 0.478 e.